The van der Waals surface area contributed by atoms with Gasteiger partial charge in [-0.1, -0.05) is 12.1 Å². The summed E-state index contributed by atoms with van der Waals surface area (Å²) in [5.74, 6) is 2.14. The lowest BCUT2D eigenvalue weighted by Crippen LogP contribution is -1.94. The number of hydrogen-bond acceptors (Lipinski definition) is 7. The van der Waals surface area contributed by atoms with Gasteiger partial charge in [0.1, 0.15) is 5.75 Å². The third-order valence-electron chi connectivity index (χ3n) is 3.65. The van der Waals surface area contributed by atoms with Gasteiger partial charge in [0, 0.05) is 10.9 Å². The minimum Gasteiger partial charge on any atom is -0.497 e. The number of methoxy groups -OCH3 is 3. The van der Waals surface area contributed by atoms with Gasteiger partial charge in [0.2, 0.25) is 5.13 Å². The number of anilines is 1. The Bertz CT molecular complexity index is 909. The van der Waals surface area contributed by atoms with E-state index in [1.54, 1.807) is 27.5 Å². The molecule has 0 radical (unpaired) electrons. The van der Waals surface area contributed by atoms with Crippen LogP contribution in [0.15, 0.2) is 52.9 Å². The topological polar surface area (TPSA) is 65.0 Å². The van der Waals surface area contributed by atoms with Gasteiger partial charge in [0.15, 0.2) is 11.5 Å². The van der Waals surface area contributed by atoms with Crippen LogP contribution in [0.5, 0.6) is 17.2 Å². The van der Waals surface area contributed by atoms with E-state index in [-0.39, 0.29) is 0 Å². The summed E-state index contributed by atoms with van der Waals surface area (Å²) in [6.07, 6.45) is 1.70. The number of nitrogens with zero attached hydrogens (tertiary/aromatic N) is 2. The Morgan fingerprint density at radius 3 is 2.62 bits per heavy atom. The molecule has 0 amide bonds. The smallest absolute Gasteiger partial charge is 0.203 e. The molecular formula is C19H19N3O3S. The molecule has 0 aliphatic heterocycles. The van der Waals surface area contributed by atoms with E-state index in [0.29, 0.717) is 16.6 Å². The molecule has 0 bridgehead atoms. The molecule has 2 aromatic carbocycles. The molecular weight excluding hydrogens is 350 g/mol. The van der Waals surface area contributed by atoms with E-state index in [1.807, 2.05) is 47.8 Å². The number of rotatable bonds is 7. The summed E-state index contributed by atoms with van der Waals surface area (Å²) in [7, 11) is 4.86. The number of benzene rings is 2. The first-order valence-electron chi connectivity index (χ1n) is 7.84. The van der Waals surface area contributed by atoms with Gasteiger partial charge in [-0.3, -0.25) is 5.43 Å². The summed E-state index contributed by atoms with van der Waals surface area (Å²) >= 11 is 1.49. The average Bonchev–Trinajstić information content (AvgIpc) is 3.17. The van der Waals surface area contributed by atoms with Crippen molar-refractivity contribution in [2.75, 3.05) is 26.8 Å². The number of ether oxygens (including phenoxy) is 3. The van der Waals surface area contributed by atoms with Crippen LogP contribution < -0.4 is 19.6 Å². The van der Waals surface area contributed by atoms with Crippen LogP contribution in [0.2, 0.25) is 0 Å². The van der Waals surface area contributed by atoms with Crippen molar-refractivity contribution >= 4 is 22.7 Å². The minimum absolute atomic E-state index is 0.658. The van der Waals surface area contributed by atoms with Crippen molar-refractivity contribution in [2.45, 2.75) is 0 Å². The van der Waals surface area contributed by atoms with Crippen LogP contribution in [0.4, 0.5) is 5.13 Å². The van der Waals surface area contributed by atoms with Crippen molar-refractivity contribution < 1.29 is 14.2 Å². The Morgan fingerprint density at radius 2 is 1.85 bits per heavy atom. The fraction of sp³-hybridized carbons (Fsp3) is 0.158. The summed E-state index contributed by atoms with van der Waals surface area (Å²) < 4.78 is 15.8. The molecule has 3 rings (SSSR count). The Balaban J connectivity index is 1.69. The van der Waals surface area contributed by atoms with Crippen molar-refractivity contribution in [3.8, 4) is 28.5 Å². The van der Waals surface area contributed by atoms with Crippen LogP contribution in [0.1, 0.15) is 5.56 Å². The Labute approximate surface area is 156 Å². The number of aromatic nitrogens is 1. The van der Waals surface area contributed by atoms with Crippen LogP contribution in [-0.2, 0) is 0 Å². The van der Waals surface area contributed by atoms with Gasteiger partial charge in [-0.25, -0.2) is 4.98 Å². The van der Waals surface area contributed by atoms with Crippen LogP contribution in [0, 0.1) is 0 Å². The summed E-state index contributed by atoms with van der Waals surface area (Å²) in [5.41, 5.74) is 5.71. The largest absolute Gasteiger partial charge is 0.497 e. The fourth-order valence-electron chi connectivity index (χ4n) is 2.34. The average molecular weight is 369 g/mol. The predicted molar refractivity (Wildman–Crippen MR) is 105 cm³/mol. The van der Waals surface area contributed by atoms with Crippen LogP contribution in [0.3, 0.4) is 0 Å². The number of hydrogen-bond donors (Lipinski definition) is 1. The number of thiazole rings is 1. The highest BCUT2D eigenvalue weighted by Gasteiger charge is 2.06. The summed E-state index contributed by atoms with van der Waals surface area (Å²) in [6.45, 7) is 0. The molecule has 0 unspecified atom stereocenters. The second-order valence-corrected chi connectivity index (χ2v) is 6.11. The Morgan fingerprint density at radius 1 is 1.00 bits per heavy atom. The third kappa shape index (κ3) is 4.12. The number of nitrogens with one attached hydrogen (secondary N) is 1. The molecule has 0 aliphatic rings. The maximum atomic E-state index is 5.29. The predicted octanol–water partition coefficient (Wildman–Crippen LogP) is 4.28. The monoisotopic (exact) mass is 369 g/mol. The van der Waals surface area contributed by atoms with Crippen molar-refractivity contribution in [3.05, 3.63) is 53.4 Å². The lowest BCUT2D eigenvalue weighted by molar-refractivity contribution is 0.355. The first-order valence-corrected chi connectivity index (χ1v) is 8.72. The highest BCUT2D eigenvalue weighted by molar-refractivity contribution is 7.14. The maximum Gasteiger partial charge on any atom is 0.203 e. The van der Waals surface area contributed by atoms with Gasteiger partial charge in [0.05, 0.1) is 33.2 Å². The molecule has 1 N–H and O–H groups in total. The quantitative estimate of drug-likeness (QED) is 0.497. The maximum absolute atomic E-state index is 5.29. The van der Waals surface area contributed by atoms with Crippen molar-refractivity contribution in [1.82, 2.24) is 4.98 Å². The summed E-state index contributed by atoms with van der Waals surface area (Å²) in [6, 6.07) is 13.4. The highest BCUT2D eigenvalue weighted by Crippen LogP contribution is 2.28. The SMILES string of the molecule is COc1cccc(-c2csc(N/N=C\c3ccc(OC)c(OC)c3)n2)c1. The zero-order valence-electron chi connectivity index (χ0n) is 14.7. The zero-order chi connectivity index (χ0) is 18.4. The van der Waals surface area contributed by atoms with Gasteiger partial charge in [-0.2, -0.15) is 5.10 Å². The summed E-state index contributed by atoms with van der Waals surface area (Å²) in [5, 5.41) is 6.92. The molecule has 134 valence electrons. The van der Waals surface area contributed by atoms with Gasteiger partial charge in [0.25, 0.3) is 0 Å². The van der Waals surface area contributed by atoms with Crippen LogP contribution >= 0.6 is 11.3 Å². The summed E-state index contributed by atoms with van der Waals surface area (Å²) in [4.78, 5) is 4.54. The molecule has 1 aromatic heterocycles. The van der Waals surface area contributed by atoms with E-state index in [4.69, 9.17) is 14.2 Å². The van der Waals surface area contributed by atoms with Crippen molar-refractivity contribution in [3.63, 3.8) is 0 Å². The highest BCUT2D eigenvalue weighted by atomic mass is 32.1. The molecule has 0 fully saturated rings. The molecule has 0 aliphatic carbocycles. The molecule has 0 spiro atoms. The first kappa shape index (κ1) is 17.8. The lowest BCUT2D eigenvalue weighted by Gasteiger charge is -2.07. The minimum atomic E-state index is 0.658. The Hall–Kier alpha value is -3.06. The van der Waals surface area contributed by atoms with Gasteiger partial charge in [-0.15, -0.1) is 11.3 Å². The number of hydrazone groups is 1. The van der Waals surface area contributed by atoms with Crippen LogP contribution in [-0.4, -0.2) is 32.5 Å². The van der Waals surface area contributed by atoms with E-state index in [1.165, 1.54) is 11.3 Å². The van der Waals surface area contributed by atoms with E-state index < -0.39 is 0 Å². The van der Waals surface area contributed by atoms with Crippen molar-refractivity contribution in [1.29, 1.82) is 0 Å². The molecule has 0 atom stereocenters. The zero-order valence-corrected chi connectivity index (χ0v) is 15.5. The van der Waals surface area contributed by atoms with E-state index in [0.717, 1.165) is 22.6 Å². The lowest BCUT2D eigenvalue weighted by atomic mass is 10.2. The standard InChI is InChI=1S/C19H19N3O3S/c1-23-15-6-4-5-14(10-15)16-12-26-19(21-16)22-20-11-13-7-8-17(24-2)18(9-13)25-3/h4-12H,1-3H3,(H,21,22)/b20-11-. The second-order valence-electron chi connectivity index (χ2n) is 5.25. The first-order chi connectivity index (χ1) is 12.7. The molecule has 1 heterocycles. The van der Waals surface area contributed by atoms with E-state index in [2.05, 4.69) is 15.5 Å². The van der Waals surface area contributed by atoms with Gasteiger partial charge >= 0.3 is 0 Å². The van der Waals surface area contributed by atoms with E-state index >= 15 is 0 Å². The third-order valence-corrected chi connectivity index (χ3v) is 4.40. The molecule has 0 saturated heterocycles. The molecule has 26 heavy (non-hydrogen) atoms. The molecule has 0 saturated carbocycles. The van der Waals surface area contributed by atoms with Gasteiger partial charge < -0.3 is 14.2 Å². The van der Waals surface area contributed by atoms with Crippen LogP contribution in [0.25, 0.3) is 11.3 Å². The van der Waals surface area contributed by atoms with E-state index in [9.17, 15) is 0 Å². The molecule has 3 aromatic rings. The molecule has 6 nitrogen and oxygen atoms in total. The second kappa shape index (κ2) is 8.35. The normalized spacial score (nSPS) is 10.7. The molecule has 7 heteroatoms. The van der Waals surface area contributed by atoms with Gasteiger partial charge in [-0.05, 0) is 35.9 Å². The Kier molecular flexibility index (Phi) is 5.70. The van der Waals surface area contributed by atoms with Crippen molar-refractivity contribution in [2.24, 2.45) is 5.10 Å². The fourth-order valence-corrected chi connectivity index (χ4v) is 3.00.